The van der Waals surface area contributed by atoms with Crippen LogP contribution in [0.25, 0.3) is 0 Å². The molecule has 0 unspecified atom stereocenters. The molecule has 0 aliphatic rings. The predicted octanol–water partition coefficient (Wildman–Crippen LogP) is -0.658. The van der Waals surface area contributed by atoms with E-state index in [1.807, 2.05) is 6.92 Å². The third-order valence-corrected chi connectivity index (χ3v) is 3.66. The van der Waals surface area contributed by atoms with Gasteiger partial charge in [-0.15, -0.1) is 0 Å². The molecule has 7 heteroatoms. The topological polar surface area (TPSA) is 94.4 Å². The van der Waals surface area contributed by atoms with Crippen LogP contribution < -0.4 is 27.0 Å². The van der Waals surface area contributed by atoms with Crippen molar-refractivity contribution in [3.63, 3.8) is 0 Å². The van der Waals surface area contributed by atoms with Gasteiger partial charge in [0.1, 0.15) is 0 Å². The number of hydrogen-bond acceptors (Lipinski definition) is 6. The van der Waals surface area contributed by atoms with Crippen LogP contribution in [0.5, 0.6) is 0 Å². The van der Waals surface area contributed by atoms with E-state index in [9.17, 15) is 4.79 Å². The fourth-order valence-corrected chi connectivity index (χ4v) is 2.31. The second-order valence-corrected chi connectivity index (χ2v) is 5.98. The molecular formula is C17H40N6O. The summed E-state index contributed by atoms with van der Waals surface area (Å²) in [4.78, 5) is 13.8. The first-order valence-corrected chi connectivity index (χ1v) is 9.55. The van der Waals surface area contributed by atoms with Crippen molar-refractivity contribution < 1.29 is 4.79 Å². The molecule has 0 bridgehead atoms. The highest BCUT2D eigenvalue weighted by molar-refractivity contribution is 5.75. The van der Waals surface area contributed by atoms with Crippen molar-refractivity contribution in [1.82, 2.24) is 26.2 Å². The van der Waals surface area contributed by atoms with Gasteiger partial charge in [-0.3, -0.25) is 9.69 Å². The summed E-state index contributed by atoms with van der Waals surface area (Å²) in [5.41, 5.74) is 5.50. The second-order valence-electron chi connectivity index (χ2n) is 5.98. The molecule has 1 amide bonds. The van der Waals surface area contributed by atoms with Gasteiger partial charge in [-0.2, -0.15) is 0 Å². The van der Waals surface area contributed by atoms with Gasteiger partial charge in [0.05, 0.1) is 0 Å². The van der Waals surface area contributed by atoms with Crippen LogP contribution in [0.1, 0.15) is 33.1 Å². The summed E-state index contributed by atoms with van der Waals surface area (Å²) in [7, 11) is 0. The molecule has 0 radical (unpaired) electrons. The number of carbonyl (C=O) groups is 1. The Morgan fingerprint density at radius 3 is 1.92 bits per heavy atom. The molecule has 0 atom stereocenters. The van der Waals surface area contributed by atoms with Crippen LogP contribution >= 0.6 is 0 Å². The first kappa shape index (κ1) is 23.3. The molecule has 144 valence electrons. The quantitative estimate of drug-likeness (QED) is 0.212. The van der Waals surface area contributed by atoms with Gasteiger partial charge in [0.25, 0.3) is 0 Å². The van der Waals surface area contributed by atoms with Crippen molar-refractivity contribution in [2.75, 3.05) is 72.0 Å². The van der Waals surface area contributed by atoms with E-state index in [1.165, 1.54) is 6.42 Å². The molecule has 0 saturated carbocycles. The Balaban J connectivity index is 3.74. The van der Waals surface area contributed by atoms with Crippen molar-refractivity contribution in [3.05, 3.63) is 0 Å². The summed E-state index contributed by atoms with van der Waals surface area (Å²) >= 11 is 0. The summed E-state index contributed by atoms with van der Waals surface area (Å²) in [6.45, 7) is 14.4. The van der Waals surface area contributed by atoms with Crippen molar-refractivity contribution in [2.45, 2.75) is 33.1 Å². The minimum Gasteiger partial charge on any atom is -0.355 e. The van der Waals surface area contributed by atoms with Crippen molar-refractivity contribution >= 4 is 5.91 Å². The monoisotopic (exact) mass is 344 g/mol. The summed E-state index contributed by atoms with van der Waals surface area (Å²) in [6.07, 6.45) is 2.69. The van der Waals surface area contributed by atoms with Crippen molar-refractivity contribution in [3.8, 4) is 0 Å². The highest BCUT2D eigenvalue weighted by Crippen LogP contribution is 1.87. The van der Waals surface area contributed by atoms with E-state index in [1.54, 1.807) is 0 Å². The zero-order valence-corrected chi connectivity index (χ0v) is 15.8. The number of nitrogens with one attached hydrogen (secondary N) is 4. The minimum absolute atomic E-state index is 0.147. The van der Waals surface area contributed by atoms with Gasteiger partial charge >= 0.3 is 0 Å². The third-order valence-electron chi connectivity index (χ3n) is 3.66. The van der Waals surface area contributed by atoms with Crippen molar-refractivity contribution in [2.24, 2.45) is 5.73 Å². The molecule has 0 aromatic rings. The molecule has 0 spiro atoms. The van der Waals surface area contributed by atoms with Crippen LogP contribution in [-0.4, -0.2) is 82.8 Å². The average Bonchev–Trinajstić information content (AvgIpc) is 2.58. The van der Waals surface area contributed by atoms with Gasteiger partial charge in [0.2, 0.25) is 5.91 Å². The normalized spacial score (nSPS) is 11.2. The van der Waals surface area contributed by atoms with E-state index in [4.69, 9.17) is 5.73 Å². The molecule has 0 aliphatic heterocycles. The molecular weight excluding hydrogens is 304 g/mol. The number of hydrogen-bond donors (Lipinski definition) is 5. The molecule has 0 rings (SSSR count). The lowest BCUT2D eigenvalue weighted by Crippen LogP contribution is -2.42. The SMILES string of the molecule is CCCNCCN(CCNCCN)CCNCCNC(=O)CCC. The third kappa shape index (κ3) is 16.1. The summed E-state index contributed by atoms with van der Waals surface area (Å²) < 4.78 is 0. The van der Waals surface area contributed by atoms with Gasteiger partial charge in [0.15, 0.2) is 0 Å². The van der Waals surface area contributed by atoms with Crippen LogP contribution in [0.4, 0.5) is 0 Å². The number of carbonyl (C=O) groups excluding carboxylic acids is 1. The first-order valence-electron chi connectivity index (χ1n) is 9.55. The van der Waals surface area contributed by atoms with Gasteiger partial charge in [-0.1, -0.05) is 13.8 Å². The van der Waals surface area contributed by atoms with E-state index in [0.717, 1.165) is 65.3 Å². The van der Waals surface area contributed by atoms with Crippen LogP contribution in [0, 0.1) is 0 Å². The maximum atomic E-state index is 11.4. The largest absolute Gasteiger partial charge is 0.355 e. The standard InChI is InChI=1S/C17H40N6O/c1-3-5-17(24)22-10-9-21-13-16-23(14-11-19-7-4-2)15-12-20-8-6-18/h19-21H,3-16,18H2,1-2H3,(H,22,24). The molecule has 6 N–H and O–H groups in total. The Labute approximate surface area is 148 Å². The second kappa shape index (κ2) is 18.6. The van der Waals surface area contributed by atoms with E-state index in [-0.39, 0.29) is 5.91 Å². The summed E-state index contributed by atoms with van der Waals surface area (Å²) in [5.74, 6) is 0.147. The fraction of sp³-hybridized carbons (Fsp3) is 0.941. The predicted molar refractivity (Wildman–Crippen MR) is 102 cm³/mol. The van der Waals surface area contributed by atoms with E-state index >= 15 is 0 Å². The zero-order chi connectivity index (χ0) is 17.9. The fourth-order valence-electron chi connectivity index (χ4n) is 2.31. The van der Waals surface area contributed by atoms with E-state index < -0.39 is 0 Å². The molecule has 0 aromatic heterocycles. The number of rotatable bonds is 18. The molecule has 0 aromatic carbocycles. The van der Waals surface area contributed by atoms with Gasteiger partial charge in [-0.05, 0) is 19.4 Å². The van der Waals surface area contributed by atoms with Gasteiger partial charge in [-0.25, -0.2) is 0 Å². The van der Waals surface area contributed by atoms with Gasteiger partial charge in [0, 0.05) is 71.9 Å². The maximum Gasteiger partial charge on any atom is 0.220 e. The van der Waals surface area contributed by atoms with Crippen LogP contribution in [0.15, 0.2) is 0 Å². The van der Waals surface area contributed by atoms with Gasteiger partial charge < -0.3 is 27.0 Å². The van der Waals surface area contributed by atoms with Crippen LogP contribution in [0.2, 0.25) is 0 Å². The smallest absolute Gasteiger partial charge is 0.220 e. The number of amides is 1. The minimum atomic E-state index is 0.147. The maximum absolute atomic E-state index is 11.4. The molecule has 24 heavy (non-hydrogen) atoms. The van der Waals surface area contributed by atoms with Crippen LogP contribution in [-0.2, 0) is 4.79 Å². The number of nitrogens with two attached hydrogens (primary N) is 1. The Morgan fingerprint density at radius 2 is 1.38 bits per heavy atom. The highest BCUT2D eigenvalue weighted by atomic mass is 16.1. The van der Waals surface area contributed by atoms with Crippen LogP contribution in [0.3, 0.4) is 0 Å². The lowest BCUT2D eigenvalue weighted by molar-refractivity contribution is -0.121. The molecule has 0 aliphatic carbocycles. The average molecular weight is 345 g/mol. The molecule has 7 nitrogen and oxygen atoms in total. The number of nitrogens with zero attached hydrogens (tertiary/aromatic N) is 1. The van der Waals surface area contributed by atoms with Crippen molar-refractivity contribution in [1.29, 1.82) is 0 Å². The Bertz CT molecular complexity index is 266. The lowest BCUT2D eigenvalue weighted by Gasteiger charge is -2.23. The summed E-state index contributed by atoms with van der Waals surface area (Å²) in [6, 6.07) is 0. The zero-order valence-electron chi connectivity index (χ0n) is 15.8. The van der Waals surface area contributed by atoms with E-state index in [0.29, 0.717) is 19.5 Å². The van der Waals surface area contributed by atoms with E-state index in [2.05, 4.69) is 33.1 Å². The lowest BCUT2D eigenvalue weighted by atomic mass is 10.3. The first-order chi connectivity index (χ1) is 11.7. The Kier molecular flexibility index (Phi) is 18.0. The molecule has 0 fully saturated rings. The Hall–Kier alpha value is -0.730. The molecule has 0 saturated heterocycles. The summed E-state index contributed by atoms with van der Waals surface area (Å²) in [5, 5.41) is 13.1. The molecule has 0 heterocycles. The highest BCUT2D eigenvalue weighted by Gasteiger charge is 2.04. The Morgan fingerprint density at radius 1 is 0.792 bits per heavy atom.